The molecular weight excluding hydrogens is 313 g/mol. The number of fused-ring (bicyclic) bond motifs is 1. The van der Waals surface area contributed by atoms with Gasteiger partial charge in [-0.2, -0.15) is 0 Å². The van der Waals surface area contributed by atoms with Crippen LogP contribution >= 0.6 is 35.0 Å². The van der Waals surface area contributed by atoms with Crippen molar-refractivity contribution >= 4 is 46.0 Å². The van der Waals surface area contributed by atoms with Gasteiger partial charge in [-0.25, -0.2) is 9.97 Å². The molecule has 3 nitrogen and oxygen atoms in total. The van der Waals surface area contributed by atoms with E-state index in [2.05, 4.69) is 14.5 Å². The third kappa shape index (κ3) is 2.77. The number of pyridine rings is 1. The Morgan fingerprint density at radius 3 is 2.70 bits per heavy atom. The summed E-state index contributed by atoms with van der Waals surface area (Å²) >= 11 is 13.4. The Bertz CT molecular complexity index is 753. The average molecular weight is 324 g/mol. The number of nitrogens with zero attached hydrogens (tertiary/aromatic N) is 3. The Balaban J connectivity index is 1.84. The molecule has 0 unspecified atom stereocenters. The van der Waals surface area contributed by atoms with Crippen LogP contribution in [-0.4, -0.2) is 14.5 Å². The first-order valence-electron chi connectivity index (χ1n) is 5.99. The van der Waals surface area contributed by atoms with Gasteiger partial charge in [0.1, 0.15) is 5.82 Å². The smallest absolute Gasteiger partial charge is 0.120 e. The summed E-state index contributed by atoms with van der Waals surface area (Å²) in [4.78, 5) is 8.87. The van der Waals surface area contributed by atoms with Crippen molar-refractivity contribution in [2.24, 2.45) is 7.05 Å². The van der Waals surface area contributed by atoms with Gasteiger partial charge < -0.3 is 4.57 Å². The van der Waals surface area contributed by atoms with Gasteiger partial charge in [0.15, 0.2) is 0 Å². The first-order valence-corrected chi connectivity index (χ1v) is 7.73. The minimum Gasteiger partial charge on any atom is -0.330 e. The number of aryl methyl sites for hydroxylation is 1. The number of hydrogen-bond donors (Lipinski definition) is 0. The number of rotatable bonds is 3. The Morgan fingerprint density at radius 1 is 1.15 bits per heavy atom. The number of hydrogen-bond acceptors (Lipinski definition) is 3. The molecule has 0 atom stereocenters. The molecule has 0 aliphatic rings. The third-order valence-corrected chi connectivity index (χ3v) is 4.38. The van der Waals surface area contributed by atoms with Gasteiger partial charge in [-0.05, 0) is 30.3 Å². The quantitative estimate of drug-likeness (QED) is 0.661. The molecule has 3 aromatic rings. The van der Waals surface area contributed by atoms with Crippen molar-refractivity contribution in [1.82, 2.24) is 14.5 Å². The van der Waals surface area contributed by atoms with E-state index in [0.29, 0.717) is 10.0 Å². The molecule has 102 valence electrons. The molecule has 0 saturated heterocycles. The summed E-state index contributed by atoms with van der Waals surface area (Å²) in [6.07, 6.45) is 1.65. The van der Waals surface area contributed by atoms with Gasteiger partial charge in [0.05, 0.1) is 26.8 Å². The van der Waals surface area contributed by atoms with E-state index in [4.69, 9.17) is 23.2 Å². The van der Waals surface area contributed by atoms with E-state index >= 15 is 0 Å². The minimum absolute atomic E-state index is 0.645. The molecule has 0 aliphatic heterocycles. The van der Waals surface area contributed by atoms with Crippen molar-refractivity contribution in [3.8, 4) is 0 Å². The normalized spacial score (nSPS) is 11.2. The Hall–Kier alpha value is -1.23. The summed E-state index contributed by atoms with van der Waals surface area (Å²) in [6.45, 7) is 0. The molecule has 0 spiro atoms. The lowest BCUT2D eigenvalue weighted by Gasteiger charge is -2.02. The standard InChI is InChI=1S/C14H11Cl2N3S/c1-19-12-4-2-9(15)6-11(12)18-13(19)8-20-14-5-3-10(16)7-17-14/h2-7H,8H2,1H3. The van der Waals surface area contributed by atoms with Crippen LogP contribution in [0.5, 0.6) is 0 Å². The van der Waals surface area contributed by atoms with Crippen molar-refractivity contribution in [1.29, 1.82) is 0 Å². The van der Waals surface area contributed by atoms with Gasteiger partial charge in [-0.3, -0.25) is 0 Å². The van der Waals surface area contributed by atoms with Crippen LogP contribution in [0.4, 0.5) is 0 Å². The molecule has 0 N–H and O–H groups in total. The van der Waals surface area contributed by atoms with Crippen LogP contribution in [0.15, 0.2) is 41.6 Å². The molecule has 0 fully saturated rings. The topological polar surface area (TPSA) is 30.7 Å². The van der Waals surface area contributed by atoms with Crippen LogP contribution < -0.4 is 0 Å². The average Bonchev–Trinajstić information content (AvgIpc) is 2.74. The van der Waals surface area contributed by atoms with Crippen LogP contribution in [0, 0.1) is 0 Å². The zero-order valence-corrected chi connectivity index (χ0v) is 13.0. The van der Waals surface area contributed by atoms with Crippen molar-refractivity contribution < 1.29 is 0 Å². The lowest BCUT2D eigenvalue weighted by molar-refractivity contribution is 0.875. The SMILES string of the molecule is Cn1c(CSc2ccc(Cl)cn2)nc2cc(Cl)ccc21. The fourth-order valence-corrected chi connectivity index (χ4v) is 3.04. The summed E-state index contributed by atoms with van der Waals surface area (Å²) < 4.78 is 2.08. The molecule has 2 heterocycles. The maximum atomic E-state index is 5.99. The largest absolute Gasteiger partial charge is 0.330 e. The molecule has 0 saturated carbocycles. The van der Waals surface area contributed by atoms with Gasteiger partial charge in [0.2, 0.25) is 0 Å². The fraction of sp³-hybridized carbons (Fsp3) is 0.143. The van der Waals surface area contributed by atoms with Crippen molar-refractivity contribution in [2.75, 3.05) is 0 Å². The number of halogens is 2. The molecular formula is C14H11Cl2N3S. The highest BCUT2D eigenvalue weighted by Crippen LogP contribution is 2.25. The zero-order valence-electron chi connectivity index (χ0n) is 10.7. The van der Waals surface area contributed by atoms with Crippen LogP contribution in [0.25, 0.3) is 11.0 Å². The van der Waals surface area contributed by atoms with E-state index < -0.39 is 0 Å². The van der Waals surface area contributed by atoms with E-state index in [-0.39, 0.29) is 0 Å². The second kappa shape index (κ2) is 5.64. The monoisotopic (exact) mass is 323 g/mol. The van der Waals surface area contributed by atoms with E-state index in [9.17, 15) is 0 Å². The molecule has 3 rings (SSSR count). The predicted octanol–water partition coefficient (Wildman–Crippen LogP) is 4.57. The van der Waals surface area contributed by atoms with Gasteiger partial charge in [0, 0.05) is 18.3 Å². The zero-order chi connectivity index (χ0) is 14.1. The molecule has 6 heteroatoms. The number of thioether (sulfide) groups is 1. The summed E-state index contributed by atoms with van der Waals surface area (Å²) in [5.41, 5.74) is 1.99. The fourth-order valence-electron chi connectivity index (χ4n) is 1.94. The Morgan fingerprint density at radius 2 is 1.95 bits per heavy atom. The lowest BCUT2D eigenvalue weighted by Crippen LogP contribution is -1.95. The first-order chi connectivity index (χ1) is 9.63. The highest BCUT2D eigenvalue weighted by molar-refractivity contribution is 7.98. The van der Waals surface area contributed by atoms with Crippen LogP contribution in [0.1, 0.15) is 5.82 Å². The summed E-state index contributed by atoms with van der Waals surface area (Å²) in [6, 6.07) is 9.49. The van der Waals surface area contributed by atoms with E-state index in [1.54, 1.807) is 18.0 Å². The molecule has 0 bridgehead atoms. The number of imidazole rings is 1. The number of aromatic nitrogens is 3. The van der Waals surface area contributed by atoms with E-state index in [1.807, 2.05) is 37.4 Å². The highest BCUT2D eigenvalue weighted by atomic mass is 35.5. The molecule has 20 heavy (non-hydrogen) atoms. The van der Waals surface area contributed by atoms with Crippen molar-refractivity contribution in [2.45, 2.75) is 10.8 Å². The summed E-state index contributed by atoms with van der Waals surface area (Å²) in [7, 11) is 2.01. The van der Waals surface area contributed by atoms with E-state index in [1.165, 1.54) is 0 Å². The van der Waals surface area contributed by atoms with Gasteiger partial charge in [-0.1, -0.05) is 35.0 Å². The second-order valence-electron chi connectivity index (χ2n) is 4.32. The third-order valence-electron chi connectivity index (χ3n) is 2.98. The first kappa shape index (κ1) is 13.7. The summed E-state index contributed by atoms with van der Waals surface area (Å²) in [5, 5.41) is 2.28. The predicted molar refractivity (Wildman–Crippen MR) is 84.5 cm³/mol. The highest BCUT2D eigenvalue weighted by Gasteiger charge is 2.08. The lowest BCUT2D eigenvalue weighted by atomic mass is 10.3. The molecule has 0 radical (unpaired) electrons. The van der Waals surface area contributed by atoms with E-state index in [0.717, 1.165) is 27.6 Å². The Labute approximate surface area is 130 Å². The van der Waals surface area contributed by atoms with Crippen molar-refractivity contribution in [3.63, 3.8) is 0 Å². The number of benzene rings is 1. The van der Waals surface area contributed by atoms with Gasteiger partial charge >= 0.3 is 0 Å². The maximum absolute atomic E-state index is 5.99. The molecule has 2 aromatic heterocycles. The molecule has 1 aromatic carbocycles. The molecule has 0 amide bonds. The summed E-state index contributed by atoms with van der Waals surface area (Å²) in [5.74, 6) is 1.74. The van der Waals surface area contributed by atoms with Crippen molar-refractivity contribution in [3.05, 3.63) is 52.4 Å². The van der Waals surface area contributed by atoms with Gasteiger partial charge in [0.25, 0.3) is 0 Å². The maximum Gasteiger partial charge on any atom is 0.120 e. The second-order valence-corrected chi connectivity index (χ2v) is 6.19. The Kier molecular flexibility index (Phi) is 3.87. The van der Waals surface area contributed by atoms with Crippen LogP contribution in [-0.2, 0) is 12.8 Å². The van der Waals surface area contributed by atoms with Crippen LogP contribution in [0.3, 0.4) is 0 Å². The molecule has 0 aliphatic carbocycles. The van der Waals surface area contributed by atoms with Gasteiger partial charge in [-0.15, -0.1) is 0 Å². The minimum atomic E-state index is 0.645. The van der Waals surface area contributed by atoms with Crippen LogP contribution in [0.2, 0.25) is 10.0 Å².